The number of ketones is 2. The summed E-state index contributed by atoms with van der Waals surface area (Å²) in [5.41, 5.74) is 0.956. The minimum Gasteiger partial charge on any atom is -0.507 e. The molecule has 144 heavy (non-hydrogen) atoms. The van der Waals surface area contributed by atoms with E-state index in [0.717, 1.165) is 18.2 Å². The summed E-state index contributed by atoms with van der Waals surface area (Å²) >= 11 is 0. The monoisotopic (exact) mass is 1970 g/mol. The normalized spacial score (nSPS) is 10.3. The zero-order valence-electron chi connectivity index (χ0n) is 75.2. The van der Waals surface area contributed by atoms with Crippen LogP contribution in [0.5, 0.6) is 103 Å². The molecule has 0 fully saturated rings. The van der Waals surface area contributed by atoms with Crippen LogP contribution in [-0.4, -0.2) is 202 Å². The number of benzene rings is 13. The number of aromatic hydroxyl groups is 18. The molecular formula is C100H87N13O31. The van der Waals surface area contributed by atoms with E-state index in [1.54, 1.807) is 87.5 Å². The van der Waals surface area contributed by atoms with E-state index in [0.29, 0.717) is 34.4 Å². The number of rotatable bonds is 25. The Morgan fingerprint density at radius 1 is 0.229 bits per heavy atom. The lowest BCUT2D eigenvalue weighted by Crippen LogP contribution is -2.34. The maximum Gasteiger partial charge on any atom is 0.261 e. The zero-order valence-corrected chi connectivity index (χ0v) is 75.2. The van der Waals surface area contributed by atoms with E-state index >= 15 is 0 Å². The van der Waals surface area contributed by atoms with Crippen LogP contribution in [0.4, 0.5) is 46.3 Å². The third-order valence-corrected chi connectivity index (χ3v) is 20.1. The summed E-state index contributed by atoms with van der Waals surface area (Å²) in [5.74, 6) is -19.1. The first kappa shape index (κ1) is 105. The second-order valence-corrected chi connectivity index (χ2v) is 30.1. The van der Waals surface area contributed by atoms with Gasteiger partial charge in [-0.25, -0.2) is 0 Å². The van der Waals surface area contributed by atoms with Crippen LogP contribution in [-0.2, 0) is 0 Å². The molecule has 1 aromatic heterocycles. The van der Waals surface area contributed by atoms with Crippen molar-refractivity contribution in [2.75, 3.05) is 62.2 Å². The van der Waals surface area contributed by atoms with Gasteiger partial charge in [-0.2, -0.15) is 15.0 Å². The summed E-state index contributed by atoms with van der Waals surface area (Å²) in [6.45, 7) is 4.87. The van der Waals surface area contributed by atoms with Gasteiger partial charge in [-0.1, -0.05) is 110 Å². The maximum atomic E-state index is 12.8. The number of phenolic OH excluding ortho intramolecular Hbond substituents is 18. The number of carbonyl (C=O) groups is 12. The largest absolute Gasteiger partial charge is 0.507 e. The lowest BCUT2D eigenvalue weighted by molar-refractivity contribution is 0.0901. The molecule has 0 unspecified atom stereocenters. The number of hydrogen-bond donors (Lipinski definition) is 29. The van der Waals surface area contributed by atoms with Crippen molar-refractivity contribution >= 4 is 117 Å². The number of aliphatic hydroxyl groups excluding tert-OH is 1. The highest BCUT2D eigenvalue weighted by Crippen LogP contribution is 2.39. The summed E-state index contributed by atoms with van der Waals surface area (Å²) in [6.07, 6.45) is 0.413. The van der Waals surface area contributed by atoms with Crippen molar-refractivity contribution in [3.05, 3.63) is 327 Å². The van der Waals surface area contributed by atoms with E-state index in [-0.39, 0.29) is 120 Å². The molecule has 10 amide bonds. The fourth-order valence-electron chi connectivity index (χ4n) is 12.7. The molecule has 738 valence electrons. The van der Waals surface area contributed by atoms with Crippen molar-refractivity contribution in [1.82, 2.24) is 25.6 Å². The summed E-state index contributed by atoms with van der Waals surface area (Å²) < 4.78 is 0. The van der Waals surface area contributed by atoms with Crippen LogP contribution in [0.2, 0.25) is 0 Å². The third kappa shape index (κ3) is 26.9. The molecule has 0 aliphatic carbocycles. The standard InChI is InChI=1S/C27H21N3O9.C24H18N6O9.C21H18N2O5.C17H18N2O5.C11H12O3/c31-19-7-1-4-16(22(19)34)25(37)28-13-10-14(29-26(38)17-5-2-8-20(32)23(17)35)12-15(11-13)30-27(39)18-6-3-9-21(33)24(18)36;31-13-7-1-4-10(16(13)34)19(37)25-22-28-23(26-20(38)11-5-2-8-14(32)17(11)35)30-24(29-22)27-21(39)12-6-3-9-15(33)18(12)36;1-12-6-4-7-13(18(12)25)20(27)22-15-9-2-3-10-16(15)23-21(28)14-8-5-11-17(24)19(14)26;1-10-4-2-5-11(14(10)21)16(23)18-8-9-19-17(24)12-6-3-7-13(20)15(12)22;1-2-10(13)8-4-3-5-9(6-8)11(14)7-12/h1-12,31-36H,(H,28,37)(H,29,38)(H,30,39);1-9,31-36H,(H3,25,26,27,28,29,30,37,38,39);2-11,24-26H,1H3,(H,22,27)(H,23,28);2-7,20-22H,8-9H2,1H3,(H,18,23)(H,19,24);3-6,12H,2,7H2,1H3. The lowest BCUT2D eigenvalue weighted by Gasteiger charge is -2.14. The van der Waals surface area contributed by atoms with E-state index in [1.165, 1.54) is 164 Å². The SMILES string of the molecule is CCC(=O)c1cccc(C(=O)CO)c1.Cc1cccc(C(=O)NCCNC(=O)c2cccc(O)c2O)c1O.Cc1cccc(C(=O)Nc2ccccc2NC(=O)c2cccc(O)c2O)c1O.O=C(Nc1cc(NC(=O)c2cccc(O)c2O)cc(NC(=O)c2cccc(O)c2O)c1)c1cccc(O)c1O.O=C(Nc1nc(NC(=O)c2cccc(O)c2O)nc(NC(=O)c2cccc(O)c2O)n1)c1cccc(O)c1O. The maximum absolute atomic E-state index is 12.8. The molecular weight excluding hydrogens is 1880 g/mol. The van der Waals surface area contributed by atoms with Gasteiger partial charge in [0.25, 0.3) is 59.1 Å². The number of aromatic nitrogens is 3. The highest BCUT2D eigenvalue weighted by Gasteiger charge is 2.27. The molecule has 29 N–H and O–H groups in total. The van der Waals surface area contributed by atoms with Crippen LogP contribution in [0.3, 0.4) is 0 Å². The van der Waals surface area contributed by atoms with Gasteiger partial charge in [0.05, 0.1) is 67.0 Å². The Morgan fingerprint density at radius 2 is 0.438 bits per heavy atom. The molecule has 0 saturated heterocycles. The first-order chi connectivity index (χ1) is 68.6. The van der Waals surface area contributed by atoms with Crippen molar-refractivity contribution < 1.29 is 155 Å². The smallest absolute Gasteiger partial charge is 0.261 e. The Bertz CT molecular complexity index is 6500. The average Bonchev–Trinajstić information content (AvgIpc) is 0.815. The molecule has 0 bridgehead atoms. The number of nitrogens with zero attached hydrogens (tertiary/aromatic N) is 3. The Kier molecular flexibility index (Phi) is 35.2. The molecule has 1 heterocycles. The molecule has 0 saturated carbocycles. The number of hydrogen-bond acceptors (Lipinski definition) is 34. The van der Waals surface area contributed by atoms with Gasteiger partial charge in [0.1, 0.15) is 18.1 Å². The zero-order chi connectivity index (χ0) is 105. The predicted octanol–water partition coefficient (Wildman–Crippen LogP) is 11.9. The van der Waals surface area contributed by atoms with Crippen LogP contribution in [0.25, 0.3) is 0 Å². The molecule has 14 aromatic rings. The molecule has 0 atom stereocenters. The number of amides is 10. The number of phenols is 18. The molecule has 13 aromatic carbocycles. The summed E-state index contributed by atoms with van der Waals surface area (Å²) in [6, 6.07) is 56.8. The topological polar surface area (TPSA) is 748 Å². The van der Waals surface area contributed by atoms with Crippen molar-refractivity contribution in [3.63, 3.8) is 0 Å². The van der Waals surface area contributed by atoms with Crippen molar-refractivity contribution in [3.8, 4) is 103 Å². The van der Waals surface area contributed by atoms with Crippen LogP contribution >= 0.6 is 0 Å². The highest BCUT2D eigenvalue weighted by atomic mass is 16.3. The number of aryl methyl sites for hydroxylation is 2. The van der Waals surface area contributed by atoms with Gasteiger partial charge in [0.15, 0.2) is 104 Å². The number of anilines is 8. The highest BCUT2D eigenvalue weighted by molar-refractivity contribution is 6.15. The van der Waals surface area contributed by atoms with E-state index in [4.69, 9.17) is 5.11 Å². The summed E-state index contributed by atoms with van der Waals surface area (Å²) in [4.78, 5) is 159. The Labute approximate surface area is 812 Å². The second kappa shape index (κ2) is 48.1. The second-order valence-electron chi connectivity index (χ2n) is 30.1. The van der Waals surface area contributed by atoms with E-state index in [1.807, 2.05) is 0 Å². The number of aliphatic hydroxyl groups is 1. The first-order valence-electron chi connectivity index (χ1n) is 42.1. The molecule has 44 nitrogen and oxygen atoms in total. The van der Waals surface area contributed by atoms with Crippen LogP contribution < -0.4 is 53.2 Å². The van der Waals surface area contributed by atoms with Gasteiger partial charge in [-0.05, 0) is 171 Å². The minimum atomic E-state index is -0.986. The van der Waals surface area contributed by atoms with Gasteiger partial charge in [0.2, 0.25) is 17.8 Å². The van der Waals surface area contributed by atoms with Crippen LogP contribution in [0, 0.1) is 13.8 Å². The van der Waals surface area contributed by atoms with Crippen LogP contribution in [0.1, 0.15) is 149 Å². The average molecular weight is 1970 g/mol. The minimum absolute atomic E-state index is 0.00223. The fraction of sp³-hybridized carbons (Fsp3) is 0.0700. The molecule has 14 rings (SSSR count). The number of para-hydroxylation sites is 12. The number of carbonyl (C=O) groups excluding carboxylic acids is 12. The van der Waals surface area contributed by atoms with Gasteiger partial charge in [0, 0.05) is 47.7 Å². The van der Waals surface area contributed by atoms with Crippen molar-refractivity contribution in [2.45, 2.75) is 27.2 Å². The van der Waals surface area contributed by atoms with E-state index in [9.17, 15) is 149 Å². The van der Waals surface area contributed by atoms with Crippen LogP contribution in [0.15, 0.2) is 249 Å². The number of Topliss-reactive ketones (excluding diaryl/α,β-unsaturated/α-hetero) is 2. The molecule has 0 aliphatic heterocycles. The molecule has 44 heteroatoms. The Balaban J connectivity index is 0.000000191. The molecule has 0 spiro atoms. The summed E-state index contributed by atoms with van der Waals surface area (Å²) in [7, 11) is 0. The van der Waals surface area contributed by atoms with E-state index in [2.05, 4.69) is 68.1 Å². The molecule has 0 aliphatic rings. The van der Waals surface area contributed by atoms with E-state index < -0.39 is 170 Å². The van der Waals surface area contributed by atoms with Crippen molar-refractivity contribution in [1.29, 1.82) is 0 Å². The lowest BCUT2D eigenvalue weighted by atomic mass is 10.0. The first-order valence-corrected chi connectivity index (χ1v) is 42.1. The fourth-order valence-corrected chi connectivity index (χ4v) is 12.7. The third-order valence-electron chi connectivity index (χ3n) is 20.1. The summed E-state index contributed by atoms with van der Waals surface area (Å²) in [5, 5.41) is 209. The Hall–Kier alpha value is -20.7. The van der Waals surface area contributed by atoms with Crippen molar-refractivity contribution in [2.24, 2.45) is 0 Å². The van der Waals surface area contributed by atoms with Gasteiger partial charge >= 0.3 is 0 Å². The van der Waals surface area contributed by atoms with Gasteiger partial charge in [-0.3, -0.25) is 73.5 Å². The predicted molar refractivity (Wildman–Crippen MR) is 517 cm³/mol. The number of nitrogens with one attached hydrogen (secondary N) is 10. The quantitative estimate of drug-likeness (QED) is 0.0144. The molecule has 0 radical (unpaired) electrons. The Morgan fingerprint density at radius 3 is 0.688 bits per heavy atom. The van der Waals surface area contributed by atoms with Gasteiger partial charge < -0.3 is 134 Å². The van der Waals surface area contributed by atoms with Gasteiger partial charge in [-0.15, -0.1) is 0 Å².